The van der Waals surface area contributed by atoms with Crippen LogP contribution >= 0.6 is 12.4 Å². The number of benzene rings is 1. The van der Waals surface area contributed by atoms with Gasteiger partial charge >= 0.3 is 5.97 Å². The van der Waals surface area contributed by atoms with Gasteiger partial charge in [-0.25, -0.2) is 4.79 Å². The molecule has 22 heavy (non-hydrogen) atoms. The van der Waals surface area contributed by atoms with E-state index in [9.17, 15) is 4.79 Å². The van der Waals surface area contributed by atoms with Crippen molar-refractivity contribution in [3.8, 4) is 11.3 Å². The molecule has 2 aromatic rings. The van der Waals surface area contributed by atoms with Gasteiger partial charge in [0.05, 0.1) is 19.2 Å². The Labute approximate surface area is 137 Å². The molecule has 0 aliphatic rings. The molecule has 0 aliphatic carbocycles. The van der Waals surface area contributed by atoms with Crippen LogP contribution in [-0.2, 0) is 11.3 Å². The van der Waals surface area contributed by atoms with Crippen LogP contribution in [0.2, 0.25) is 0 Å². The van der Waals surface area contributed by atoms with Crippen molar-refractivity contribution in [3.63, 3.8) is 0 Å². The van der Waals surface area contributed by atoms with Crippen LogP contribution in [0.25, 0.3) is 11.3 Å². The first-order valence-corrected chi connectivity index (χ1v) is 7.15. The fraction of sp³-hybridized carbons (Fsp3) is 0.353. The smallest absolute Gasteiger partial charge is 0.337 e. The van der Waals surface area contributed by atoms with E-state index in [1.54, 1.807) is 12.1 Å². The molecule has 1 aromatic heterocycles. The summed E-state index contributed by atoms with van der Waals surface area (Å²) >= 11 is 0. The highest BCUT2D eigenvalue weighted by Crippen LogP contribution is 2.22. The lowest BCUT2D eigenvalue weighted by Gasteiger charge is -2.09. The van der Waals surface area contributed by atoms with Crippen molar-refractivity contribution >= 4 is 18.4 Å². The average Bonchev–Trinajstić information content (AvgIpc) is 3.00. The minimum Gasteiger partial charge on any atom is -0.465 e. The third-order valence-corrected chi connectivity index (χ3v) is 3.49. The Balaban J connectivity index is 0.00000242. The molecule has 0 saturated carbocycles. The predicted molar refractivity (Wildman–Crippen MR) is 89.3 cm³/mol. The molecular weight excluding hydrogens is 302 g/mol. The van der Waals surface area contributed by atoms with Crippen LogP contribution in [0.4, 0.5) is 0 Å². The first-order valence-electron chi connectivity index (χ1n) is 7.15. The molecule has 4 nitrogen and oxygen atoms in total. The van der Waals surface area contributed by atoms with Gasteiger partial charge in [-0.05, 0) is 37.6 Å². The Morgan fingerprint density at radius 2 is 1.91 bits per heavy atom. The second kappa shape index (κ2) is 8.61. The van der Waals surface area contributed by atoms with Crippen LogP contribution in [0.5, 0.6) is 0 Å². The third kappa shape index (κ3) is 4.61. The molecule has 1 heterocycles. The van der Waals surface area contributed by atoms with E-state index < -0.39 is 0 Å². The van der Waals surface area contributed by atoms with Crippen molar-refractivity contribution in [2.75, 3.05) is 7.11 Å². The van der Waals surface area contributed by atoms with Gasteiger partial charge in [0.2, 0.25) is 0 Å². The van der Waals surface area contributed by atoms with E-state index in [1.165, 1.54) is 7.11 Å². The number of carbonyl (C=O) groups is 1. The summed E-state index contributed by atoms with van der Waals surface area (Å²) in [5, 5.41) is 3.39. The minimum absolute atomic E-state index is 0. The van der Waals surface area contributed by atoms with Gasteiger partial charge in [-0.1, -0.05) is 19.1 Å². The van der Waals surface area contributed by atoms with Gasteiger partial charge in [0.25, 0.3) is 0 Å². The fourth-order valence-electron chi connectivity index (χ4n) is 1.94. The number of esters is 1. The molecular formula is C17H22ClNO3. The third-order valence-electron chi connectivity index (χ3n) is 3.49. The van der Waals surface area contributed by atoms with E-state index in [2.05, 4.69) is 23.9 Å². The van der Waals surface area contributed by atoms with Gasteiger partial charge in [-0.3, -0.25) is 0 Å². The number of furan rings is 1. The number of ether oxygens (including phenoxy) is 1. The highest BCUT2D eigenvalue weighted by molar-refractivity contribution is 5.89. The lowest BCUT2D eigenvalue weighted by atomic mass is 10.1. The fourth-order valence-corrected chi connectivity index (χ4v) is 1.94. The molecule has 1 N–H and O–H groups in total. The predicted octanol–water partition coefficient (Wildman–Crippen LogP) is 4.04. The number of carbonyl (C=O) groups excluding carboxylic acids is 1. The average molecular weight is 324 g/mol. The number of hydrogen-bond donors (Lipinski definition) is 1. The quantitative estimate of drug-likeness (QED) is 0.815. The number of hydrogen-bond acceptors (Lipinski definition) is 4. The standard InChI is InChI=1S/C17H21NO3.ClH/c1-4-12(2)18-11-15-9-10-16(21-15)13-5-7-14(8-6-13)17(19)20-3;/h5-10,12,18H,4,11H2,1-3H3;1H. The number of rotatable bonds is 6. The highest BCUT2D eigenvalue weighted by atomic mass is 35.5. The molecule has 5 heteroatoms. The molecule has 0 radical (unpaired) electrons. The first kappa shape index (κ1) is 18.3. The summed E-state index contributed by atoms with van der Waals surface area (Å²) in [7, 11) is 1.37. The Morgan fingerprint density at radius 1 is 1.23 bits per heavy atom. The first-order chi connectivity index (χ1) is 10.1. The summed E-state index contributed by atoms with van der Waals surface area (Å²) in [6, 6.07) is 11.6. The van der Waals surface area contributed by atoms with Crippen molar-refractivity contribution in [2.24, 2.45) is 0 Å². The Hall–Kier alpha value is -1.78. The lowest BCUT2D eigenvalue weighted by Crippen LogP contribution is -2.24. The Morgan fingerprint density at radius 3 is 2.50 bits per heavy atom. The van der Waals surface area contributed by atoms with Crippen LogP contribution in [0.3, 0.4) is 0 Å². The van der Waals surface area contributed by atoms with E-state index in [1.807, 2.05) is 24.3 Å². The summed E-state index contributed by atoms with van der Waals surface area (Å²) in [6.07, 6.45) is 1.09. The van der Waals surface area contributed by atoms with E-state index in [-0.39, 0.29) is 18.4 Å². The SMILES string of the molecule is CCC(C)NCc1ccc(-c2ccc(C(=O)OC)cc2)o1.Cl. The summed E-state index contributed by atoms with van der Waals surface area (Å²) in [4.78, 5) is 11.4. The van der Waals surface area contributed by atoms with Crippen molar-refractivity contribution in [2.45, 2.75) is 32.9 Å². The van der Waals surface area contributed by atoms with Crippen LogP contribution in [0.1, 0.15) is 36.4 Å². The van der Waals surface area contributed by atoms with Crippen LogP contribution in [-0.4, -0.2) is 19.1 Å². The number of halogens is 1. The van der Waals surface area contributed by atoms with Crippen LogP contribution < -0.4 is 5.32 Å². The molecule has 1 atom stereocenters. The highest BCUT2D eigenvalue weighted by Gasteiger charge is 2.08. The maximum absolute atomic E-state index is 11.4. The van der Waals surface area contributed by atoms with Crippen molar-refractivity contribution in [1.82, 2.24) is 5.32 Å². The van der Waals surface area contributed by atoms with Gasteiger partial charge in [0.1, 0.15) is 11.5 Å². The summed E-state index contributed by atoms with van der Waals surface area (Å²) in [5.41, 5.74) is 1.48. The lowest BCUT2D eigenvalue weighted by molar-refractivity contribution is 0.0601. The molecule has 1 aromatic carbocycles. The Kier molecular flexibility index (Phi) is 7.15. The topological polar surface area (TPSA) is 51.5 Å². The van der Waals surface area contributed by atoms with Gasteiger partial charge in [0, 0.05) is 11.6 Å². The van der Waals surface area contributed by atoms with Gasteiger partial charge < -0.3 is 14.5 Å². The molecule has 0 aliphatic heterocycles. The molecule has 0 bridgehead atoms. The number of nitrogens with one attached hydrogen (secondary N) is 1. The monoisotopic (exact) mass is 323 g/mol. The summed E-state index contributed by atoms with van der Waals surface area (Å²) in [6.45, 7) is 5.01. The summed E-state index contributed by atoms with van der Waals surface area (Å²) in [5.74, 6) is 1.37. The zero-order chi connectivity index (χ0) is 15.2. The van der Waals surface area contributed by atoms with Crippen LogP contribution in [0, 0.1) is 0 Å². The molecule has 0 spiro atoms. The maximum atomic E-state index is 11.4. The largest absolute Gasteiger partial charge is 0.465 e. The molecule has 1 unspecified atom stereocenters. The van der Waals surface area contributed by atoms with Gasteiger partial charge in [-0.15, -0.1) is 12.4 Å². The second-order valence-corrected chi connectivity index (χ2v) is 5.03. The molecule has 0 fully saturated rings. The zero-order valence-electron chi connectivity index (χ0n) is 13.1. The zero-order valence-corrected chi connectivity index (χ0v) is 13.9. The van der Waals surface area contributed by atoms with E-state index in [4.69, 9.17) is 4.42 Å². The second-order valence-electron chi connectivity index (χ2n) is 5.03. The van der Waals surface area contributed by atoms with E-state index in [0.29, 0.717) is 11.6 Å². The van der Waals surface area contributed by atoms with Crippen molar-refractivity contribution in [1.29, 1.82) is 0 Å². The molecule has 120 valence electrons. The van der Waals surface area contributed by atoms with E-state index in [0.717, 1.165) is 30.0 Å². The summed E-state index contributed by atoms with van der Waals surface area (Å²) < 4.78 is 10.5. The van der Waals surface area contributed by atoms with Crippen LogP contribution in [0.15, 0.2) is 40.8 Å². The van der Waals surface area contributed by atoms with Gasteiger partial charge in [0.15, 0.2) is 0 Å². The molecule has 2 rings (SSSR count). The normalized spacial score (nSPS) is 11.6. The van der Waals surface area contributed by atoms with Crippen molar-refractivity contribution < 1.29 is 13.9 Å². The molecule has 0 amide bonds. The maximum Gasteiger partial charge on any atom is 0.337 e. The Bertz CT molecular complexity index is 592. The van der Waals surface area contributed by atoms with Crippen molar-refractivity contribution in [3.05, 3.63) is 47.7 Å². The number of methoxy groups -OCH3 is 1. The van der Waals surface area contributed by atoms with Gasteiger partial charge in [-0.2, -0.15) is 0 Å². The van der Waals surface area contributed by atoms with E-state index >= 15 is 0 Å². The minimum atomic E-state index is -0.334. The molecule has 0 saturated heterocycles.